The lowest BCUT2D eigenvalue weighted by atomic mass is 9.87. The van der Waals surface area contributed by atoms with Crippen LogP contribution in [-0.4, -0.2) is 58.2 Å². The molecule has 0 aliphatic carbocycles. The van der Waals surface area contributed by atoms with E-state index in [0.29, 0.717) is 24.3 Å². The number of carbonyl (C=O) groups excluding carboxylic acids is 1. The second kappa shape index (κ2) is 11.8. The quantitative estimate of drug-likeness (QED) is 0.351. The minimum Gasteiger partial charge on any atom is -0.395 e. The Hall–Kier alpha value is -2.70. The van der Waals surface area contributed by atoms with Gasteiger partial charge in [-0.3, -0.25) is 9.78 Å². The monoisotopic (exact) mass is 504 g/mol. The summed E-state index contributed by atoms with van der Waals surface area (Å²) >= 11 is 0. The van der Waals surface area contributed by atoms with Crippen molar-refractivity contribution in [2.24, 2.45) is 5.92 Å². The van der Waals surface area contributed by atoms with Crippen molar-refractivity contribution in [2.75, 3.05) is 26.2 Å². The van der Waals surface area contributed by atoms with Crippen LogP contribution in [0.1, 0.15) is 81.3 Å². The van der Waals surface area contributed by atoms with Crippen LogP contribution in [-0.2, 0) is 4.79 Å². The summed E-state index contributed by atoms with van der Waals surface area (Å²) in [5, 5.41) is 14.1. The molecule has 6 nitrogen and oxygen atoms in total. The summed E-state index contributed by atoms with van der Waals surface area (Å²) in [6.45, 7) is 14.8. The maximum atomic E-state index is 12.8. The van der Waals surface area contributed by atoms with Gasteiger partial charge in [0.2, 0.25) is 5.91 Å². The largest absolute Gasteiger partial charge is 0.395 e. The first-order valence-corrected chi connectivity index (χ1v) is 13.9. The second-order valence-corrected chi connectivity index (χ2v) is 11.6. The van der Waals surface area contributed by atoms with E-state index in [-0.39, 0.29) is 18.6 Å². The molecule has 1 aliphatic rings. The number of nitrogens with one attached hydrogen (secondary N) is 2. The molecule has 3 N–H and O–H groups in total. The number of fused-ring (bicyclic) bond motifs is 1. The number of rotatable bonds is 9. The number of nitrogens with zero attached hydrogens (tertiary/aromatic N) is 2. The Morgan fingerprint density at radius 3 is 2.38 bits per heavy atom. The Bertz CT molecular complexity index is 1200. The summed E-state index contributed by atoms with van der Waals surface area (Å²) in [5.74, 6) is 1.46. The van der Waals surface area contributed by atoms with E-state index in [0.717, 1.165) is 43.7 Å². The molecular weight excluding hydrogens is 460 g/mol. The molecule has 37 heavy (non-hydrogen) atoms. The van der Waals surface area contributed by atoms with E-state index in [4.69, 9.17) is 0 Å². The van der Waals surface area contributed by atoms with Crippen LogP contribution in [0.15, 0.2) is 30.3 Å². The molecule has 200 valence electrons. The van der Waals surface area contributed by atoms with Gasteiger partial charge in [0.05, 0.1) is 18.8 Å². The normalized spacial score (nSPS) is 15.8. The molecule has 4 rings (SSSR count). The smallest absolute Gasteiger partial charge is 0.236 e. The summed E-state index contributed by atoms with van der Waals surface area (Å²) < 4.78 is 0. The van der Waals surface area contributed by atoms with Gasteiger partial charge in [-0.1, -0.05) is 33.8 Å². The number of amides is 1. The van der Waals surface area contributed by atoms with Crippen molar-refractivity contribution < 1.29 is 9.90 Å². The van der Waals surface area contributed by atoms with E-state index in [9.17, 15) is 9.90 Å². The Morgan fingerprint density at radius 1 is 1.11 bits per heavy atom. The van der Waals surface area contributed by atoms with Crippen LogP contribution >= 0.6 is 0 Å². The van der Waals surface area contributed by atoms with Gasteiger partial charge in [0.25, 0.3) is 0 Å². The van der Waals surface area contributed by atoms with Gasteiger partial charge in [0.1, 0.15) is 0 Å². The van der Waals surface area contributed by atoms with Gasteiger partial charge in [-0.2, -0.15) is 0 Å². The Balaban J connectivity index is 1.47. The molecule has 6 heteroatoms. The van der Waals surface area contributed by atoms with Gasteiger partial charge in [-0.25, -0.2) is 0 Å². The number of piperidine rings is 1. The number of aliphatic hydroxyl groups is 1. The van der Waals surface area contributed by atoms with E-state index in [1.807, 2.05) is 4.90 Å². The van der Waals surface area contributed by atoms with Crippen molar-refractivity contribution >= 4 is 16.8 Å². The topological polar surface area (TPSA) is 81.2 Å². The zero-order valence-corrected chi connectivity index (χ0v) is 23.4. The molecule has 1 aromatic carbocycles. The average Bonchev–Trinajstić information content (AvgIpc) is 3.25. The lowest BCUT2D eigenvalue weighted by Gasteiger charge is -2.33. The Kier molecular flexibility index (Phi) is 8.71. The summed E-state index contributed by atoms with van der Waals surface area (Å²) in [6, 6.07) is 11.2. The fourth-order valence-corrected chi connectivity index (χ4v) is 5.89. The number of pyridine rings is 1. The third-order valence-corrected chi connectivity index (χ3v) is 7.65. The van der Waals surface area contributed by atoms with Gasteiger partial charge in [-0.05, 0) is 86.3 Å². The Labute approximate surface area is 221 Å². The predicted molar refractivity (Wildman–Crippen MR) is 152 cm³/mol. The number of carbonyl (C=O) groups is 1. The molecule has 1 unspecified atom stereocenters. The lowest BCUT2D eigenvalue weighted by Crippen LogP contribution is -2.45. The van der Waals surface area contributed by atoms with Crippen LogP contribution in [0.3, 0.4) is 0 Å². The van der Waals surface area contributed by atoms with Gasteiger partial charge in [-0.15, -0.1) is 0 Å². The highest BCUT2D eigenvalue weighted by molar-refractivity contribution is 5.92. The van der Waals surface area contributed by atoms with E-state index < -0.39 is 0 Å². The summed E-state index contributed by atoms with van der Waals surface area (Å²) in [6.07, 6.45) is 2.82. The Morgan fingerprint density at radius 2 is 1.78 bits per heavy atom. The van der Waals surface area contributed by atoms with E-state index in [1.165, 1.54) is 33.3 Å². The number of hydrogen-bond acceptors (Lipinski definition) is 4. The molecule has 1 amide bonds. The molecule has 0 bridgehead atoms. The first kappa shape index (κ1) is 27.3. The van der Waals surface area contributed by atoms with E-state index in [2.05, 4.69) is 87.2 Å². The predicted octanol–water partition coefficient (Wildman–Crippen LogP) is 5.67. The van der Waals surface area contributed by atoms with Crippen molar-refractivity contribution in [3.05, 3.63) is 52.8 Å². The summed E-state index contributed by atoms with van der Waals surface area (Å²) in [5.41, 5.74) is 8.36. The molecule has 3 heterocycles. The number of hydrogen-bond donors (Lipinski definition) is 3. The third-order valence-electron chi connectivity index (χ3n) is 7.65. The van der Waals surface area contributed by atoms with Crippen molar-refractivity contribution in [3.8, 4) is 11.3 Å². The van der Waals surface area contributed by atoms with Crippen molar-refractivity contribution in [2.45, 2.75) is 78.7 Å². The standard InChI is InChI=1S/C31H44N4O2/c1-19(2)13-26(18-36)32-17-29(37)35-11-9-23(10-12-35)24-7-8-28-27(16-24)30(20(3)4)31(34-28)25-14-21(5)33-22(6)15-25/h7-8,14-16,19-20,23,26,32,34,36H,9-13,17-18H2,1-6H3. The number of aromatic amines is 1. The number of aromatic nitrogens is 2. The molecule has 2 aromatic heterocycles. The SMILES string of the molecule is Cc1cc(-c2[nH]c3ccc(C4CCN(C(=O)CNC(CO)CC(C)C)CC4)cc3c2C(C)C)cc(C)n1. The fourth-order valence-electron chi connectivity index (χ4n) is 5.89. The highest BCUT2D eigenvalue weighted by Gasteiger charge is 2.25. The minimum atomic E-state index is -0.0189. The van der Waals surface area contributed by atoms with Crippen LogP contribution in [0.2, 0.25) is 0 Å². The number of H-pyrrole nitrogens is 1. The maximum Gasteiger partial charge on any atom is 0.236 e. The van der Waals surface area contributed by atoms with Crippen LogP contribution < -0.4 is 5.32 Å². The minimum absolute atomic E-state index is 0.0189. The van der Waals surface area contributed by atoms with Crippen LogP contribution in [0.4, 0.5) is 0 Å². The first-order valence-electron chi connectivity index (χ1n) is 13.9. The molecule has 1 atom stereocenters. The van der Waals surface area contributed by atoms with E-state index in [1.54, 1.807) is 0 Å². The molecule has 1 saturated heterocycles. The third kappa shape index (κ3) is 6.42. The highest BCUT2D eigenvalue weighted by Crippen LogP contribution is 2.38. The molecule has 0 spiro atoms. The number of benzene rings is 1. The number of likely N-dealkylation sites (tertiary alicyclic amines) is 1. The van der Waals surface area contributed by atoms with Gasteiger partial charge >= 0.3 is 0 Å². The molecule has 1 aliphatic heterocycles. The van der Waals surface area contributed by atoms with Gasteiger partial charge in [0, 0.05) is 47.0 Å². The van der Waals surface area contributed by atoms with Crippen LogP contribution in [0.5, 0.6) is 0 Å². The van der Waals surface area contributed by atoms with Crippen LogP contribution in [0, 0.1) is 19.8 Å². The molecule has 0 saturated carbocycles. The number of aliphatic hydroxyl groups excluding tert-OH is 1. The van der Waals surface area contributed by atoms with Crippen molar-refractivity contribution in [3.63, 3.8) is 0 Å². The molecular formula is C31H44N4O2. The molecule has 0 radical (unpaired) electrons. The first-order chi connectivity index (χ1) is 17.7. The second-order valence-electron chi connectivity index (χ2n) is 11.6. The highest BCUT2D eigenvalue weighted by atomic mass is 16.3. The molecule has 1 fully saturated rings. The summed E-state index contributed by atoms with van der Waals surface area (Å²) in [7, 11) is 0. The summed E-state index contributed by atoms with van der Waals surface area (Å²) in [4.78, 5) is 23.0. The average molecular weight is 505 g/mol. The number of aryl methyl sites for hydroxylation is 2. The van der Waals surface area contributed by atoms with Crippen molar-refractivity contribution in [1.82, 2.24) is 20.2 Å². The van der Waals surface area contributed by atoms with Gasteiger partial charge in [0.15, 0.2) is 0 Å². The van der Waals surface area contributed by atoms with E-state index >= 15 is 0 Å². The molecule has 3 aromatic rings. The fraction of sp³-hybridized carbons (Fsp3) is 0.548. The lowest BCUT2D eigenvalue weighted by molar-refractivity contribution is -0.131. The maximum absolute atomic E-state index is 12.8. The van der Waals surface area contributed by atoms with Crippen molar-refractivity contribution in [1.29, 1.82) is 0 Å². The van der Waals surface area contributed by atoms with Gasteiger partial charge < -0.3 is 20.3 Å². The van der Waals surface area contributed by atoms with Crippen LogP contribution in [0.25, 0.3) is 22.2 Å². The zero-order chi connectivity index (χ0) is 26.7. The zero-order valence-electron chi connectivity index (χ0n) is 23.4.